The predicted octanol–water partition coefficient (Wildman–Crippen LogP) is 0.848. The van der Waals surface area contributed by atoms with E-state index >= 15 is 0 Å². The summed E-state index contributed by atoms with van der Waals surface area (Å²) in [6, 6.07) is 1.79. The molecule has 0 atom stereocenters. The highest BCUT2D eigenvalue weighted by Crippen LogP contribution is 1.95. The molecule has 0 unspecified atom stereocenters. The van der Waals surface area contributed by atoms with Gasteiger partial charge in [-0.25, -0.2) is 9.97 Å². The number of hydrogen-bond donors (Lipinski definition) is 0. The molecule has 0 bridgehead atoms. The fourth-order valence-electron chi connectivity index (χ4n) is 0.737. The monoisotopic (exact) mass is 166 g/mol. The van der Waals surface area contributed by atoms with E-state index in [9.17, 15) is 4.79 Å². The molecule has 0 aliphatic carbocycles. The summed E-state index contributed by atoms with van der Waals surface area (Å²) in [6.07, 6.45) is 1.64. The summed E-state index contributed by atoms with van der Waals surface area (Å²) in [4.78, 5) is 18.4. The topological polar surface area (TPSA) is 52.1 Å². The zero-order chi connectivity index (χ0) is 8.97. The Morgan fingerprint density at radius 3 is 3.00 bits per heavy atom. The number of aryl methyl sites for hydroxylation is 1. The lowest BCUT2D eigenvalue weighted by atomic mass is 10.4. The van der Waals surface area contributed by atoms with E-state index in [1.165, 1.54) is 6.92 Å². The third-order valence-corrected chi connectivity index (χ3v) is 1.25. The molecule has 0 N–H and O–H groups in total. The molecule has 4 nitrogen and oxygen atoms in total. The molecule has 0 radical (unpaired) electrons. The molecular weight excluding hydrogens is 156 g/mol. The van der Waals surface area contributed by atoms with Crippen molar-refractivity contribution in [3.8, 4) is 0 Å². The van der Waals surface area contributed by atoms with Crippen molar-refractivity contribution >= 4 is 5.97 Å². The number of nitrogens with zero attached hydrogens (tertiary/aromatic N) is 2. The van der Waals surface area contributed by atoms with Crippen molar-refractivity contribution in [1.82, 2.24) is 9.97 Å². The molecule has 64 valence electrons. The Kier molecular flexibility index (Phi) is 2.74. The van der Waals surface area contributed by atoms with E-state index in [2.05, 4.69) is 9.97 Å². The van der Waals surface area contributed by atoms with Crippen molar-refractivity contribution in [2.75, 3.05) is 0 Å². The lowest BCUT2D eigenvalue weighted by Gasteiger charge is -2.00. The second-order valence-electron chi connectivity index (χ2n) is 2.39. The van der Waals surface area contributed by atoms with Gasteiger partial charge < -0.3 is 4.74 Å². The molecule has 1 aromatic rings. The maximum absolute atomic E-state index is 10.4. The maximum Gasteiger partial charge on any atom is 0.303 e. The van der Waals surface area contributed by atoms with Crippen LogP contribution in [-0.4, -0.2) is 15.9 Å². The number of aromatic nitrogens is 2. The molecule has 0 saturated carbocycles. The van der Waals surface area contributed by atoms with Gasteiger partial charge in [0.1, 0.15) is 0 Å². The Hall–Kier alpha value is -1.45. The molecule has 4 heteroatoms. The van der Waals surface area contributed by atoms with E-state index in [1.54, 1.807) is 12.3 Å². The minimum atomic E-state index is -0.319. The van der Waals surface area contributed by atoms with Crippen LogP contribution in [0.5, 0.6) is 0 Å². The Morgan fingerprint density at radius 2 is 2.42 bits per heavy atom. The lowest BCUT2D eigenvalue weighted by molar-refractivity contribution is -0.142. The first-order valence-corrected chi connectivity index (χ1v) is 3.60. The molecule has 0 spiro atoms. The molecule has 0 amide bonds. The molecule has 1 heterocycles. The molecule has 0 fully saturated rings. The van der Waals surface area contributed by atoms with Crippen LogP contribution in [0.4, 0.5) is 0 Å². The molecule has 0 aliphatic heterocycles. The Bertz CT molecular complexity index is 286. The molecule has 1 rings (SSSR count). The van der Waals surface area contributed by atoms with E-state index < -0.39 is 0 Å². The first kappa shape index (κ1) is 8.64. The number of ether oxygens (including phenoxy) is 1. The molecular formula is C8H10N2O2. The van der Waals surface area contributed by atoms with E-state index in [4.69, 9.17) is 4.74 Å². The lowest BCUT2D eigenvalue weighted by Crippen LogP contribution is -2.03. The minimum Gasteiger partial charge on any atom is -0.458 e. The SMILES string of the molecule is CC(=O)OCc1nccc(C)n1. The van der Waals surface area contributed by atoms with Gasteiger partial charge in [0, 0.05) is 18.8 Å². The third kappa shape index (κ3) is 2.65. The fourth-order valence-corrected chi connectivity index (χ4v) is 0.737. The number of carbonyl (C=O) groups excluding carboxylic acids is 1. The van der Waals surface area contributed by atoms with Gasteiger partial charge in [-0.2, -0.15) is 0 Å². The van der Waals surface area contributed by atoms with Gasteiger partial charge in [-0.05, 0) is 13.0 Å². The molecule has 0 aliphatic rings. The Balaban J connectivity index is 2.57. The molecule has 0 saturated heterocycles. The van der Waals surface area contributed by atoms with Crippen LogP contribution in [0.2, 0.25) is 0 Å². The summed E-state index contributed by atoms with van der Waals surface area (Å²) in [5, 5.41) is 0. The van der Waals surface area contributed by atoms with Gasteiger partial charge in [-0.3, -0.25) is 4.79 Å². The maximum atomic E-state index is 10.4. The van der Waals surface area contributed by atoms with Crippen LogP contribution in [-0.2, 0) is 16.1 Å². The van der Waals surface area contributed by atoms with Crippen molar-refractivity contribution in [3.63, 3.8) is 0 Å². The van der Waals surface area contributed by atoms with Gasteiger partial charge in [-0.1, -0.05) is 0 Å². The highest BCUT2D eigenvalue weighted by Gasteiger charge is 1.98. The summed E-state index contributed by atoms with van der Waals surface area (Å²) < 4.78 is 4.72. The summed E-state index contributed by atoms with van der Waals surface area (Å²) in [5.74, 6) is 0.213. The van der Waals surface area contributed by atoms with E-state index in [0.717, 1.165) is 5.69 Å². The third-order valence-electron chi connectivity index (χ3n) is 1.25. The normalized spacial score (nSPS) is 9.50. The Morgan fingerprint density at radius 1 is 1.67 bits per heavy atom. The quantitative estimate of drug-likeness (QED) is 0.611. The minimum absolute atomic E-state index is 0.150. The Labute approximate surface area is 70.6 Å². The summed E-state index contributed by atoms with van der Waals surface area (Å²) in [6.45, 7) is 3.37. The van der Waals surface area contributed by atoms with Crippen molar-refractivity contribution in [3.05, 3.63) is 23.8 Å². The molecule has 0 aromatic carbocycles. The largest absolute Gasteiger partial charge is 0.458 e. The van der Waals surface area contributed by atoms with Crippen molar-refractivity contribution in [2.45, 2.75) is 20.5 Å². The summed E-state index contributed by atoms with van der Waals surface area (Å²) >= 11 is 0. The van der Waals surface area contributed by atoms with Crippen LogP contribution in [0.1, 0.15) is 18.4 Å². The van der Waals surface area contributed by atoms with Crippen molar-refractivity contribution in [1.29, 1.82) is 0 Å². The summed E-state index contributed by atoms with van der Waals surface area (Å²) in [5.41, 5.74) is 0.868. The highest BCUT2D eigenvalue weighted by atomic mass is 16.5. The van der Waals surface area contributed by atoms with Crippen LogP contribution < -0.4 is 0 Å². The highest BCUT2D eigenvalue weighted by molar-refractivity contribution is 5.65. The zero-order valence-electron chi connectivity index (χ0n) is 7.07. The number of rotatable bonds is 2. The first-order chi connectivity index (χ1) is 5.68. The van der Waals surface area contributed by atoms with E-state index in [-0.39, 0.29) is 12.6 Å². The molecule has 12 heavy (non-hydrogen) atoms. The van der Waals surface area contributed by atoms with E-state index in [0.29, 0.717) is 5.82 Å². The number of hydrogen-bond acceptors (Lipinski definition) is 4. The van der Waals surface area contributed by atoms with Crippen LogP contribution in [0, 0.1) is 6.92 Å². The van der Waals surface area contributed by atoms with Gasteiger partial charge in [0.15, 0.2) is 12.4 Å². The molecule has 1 aromatic heterocycles. The fraction of sp³-hybridized carbons (Fsp3) is 0.375. The smallest absolute Gasteiger partial charge is 0.303 e. The van der Waals surface area contributed by atoms with Gasteiger partial charge in [-0.15, -0.1) is 0 Å². The van der Waals surface area contributed by atoms with Crippen LogP contribution >= 0.6 is 0 Å². The van der Waals surface area contributed by atoms with Crippen molar-refractivity contribution < 1.29 is 9.53 Å². The van der Waals surface area contributed by atoms with Gasteiger partial charge in [0.2, 0.25) is 0 Å². The average molecular weight is 166 g/mol. The van der Waals surface area contributed by atoms with Gasteiger partial charge in [0.25, 0.3) is 0 Å². The number of carbonyl (C=O) groups is 1. The average Bonchev–Trinajstić information content (AvgIpc) is 2.01. The predicted molar refractivity (Wildman–Crippen MR) is 42.2 cm³/mol. The second-order valence-corrected chi connectivity index (χ2v) is 2.39. The van der Waals surface area contributed by atoms with Crippen LogP contribution in [0.3, 0.4) is 0 Å². The summed E-state index contributed by atoms with van der Waals surface area (Å²) in [7, 11) is 0. The zero-order valence-corrected chi connectivity index (χ0v) is 7.07. The first-order valence-electron chi connectivity index (χ1n) is 3.60. The van der Waals surface area contributed by atoms with Crippen LogP contribution in [0.15, 0.2) is 12.3 Å². The standard InChI is InChI=1S/C8H10N2O2/c1-6-3-4-9-8(10-6)5-12-7(2)11/h3-4H,5H2,1-2H3. The van der Waals surface area contributed by atoms with E-state index in [1.807, 2.05) is 6.92 Å². The second kappa shape index (κ2) is 3.80. The van der Waals surface area contributed by atoms with Gasteiger partial charge in [0.05, 0.1) is 0 Å². The van der Waals surface area contributed by atoms with Gasteiger partial charge >= 0.3 is 5.97 Å². The van der Waals surface area contributed by atoms with Crippen molar-refractivity contribution in [2.24, 2.45) is 0 Å². The van der Waals surface area contributed by atoms with Crippen LogP contribution in [0.25, 0.3) is 0 Å². The number of esters is 1.